The van der Waals surface area contributed by atoms with Crippen molar-refractivity contribution in [2.24, 2.45) is 5.92 Å². The fraction of sp³-hybridized carbons (Fsp3) is 0.400. The van der Waals surface area contributed by atoms with E-state index in [1.165, 1.54) is 23.5 Å². The molecule has 4 rings (SSSR count). The maximum absolute atomic E-state index is 12.7. The number of alkyl halides is 2. The van der Waals surface area contributed by atoms with E-state index in [1.807, 2.05) is 6.92 Å². The molecule has 2 fully saturated rings. The molecule has 164 valence electrons. The first-order chi connectivity index (χ1) is 14.8. The summed E-state index contributed by atoms with van der Waals surface area (Å²) < 4.78 is 28.9. The van der Waals surface area contributed by atoms with Crippen molar-refractivity contribution >= 4 is 34.3 Å². The summed E-state index contributed by atoms with van der Waals surface area (Å²) in [7, 11) is 0. The number of halogens is 2. The lowest BCUT2D eigenvalue weighted by Crippen LogP contribution is -2.50. The van der Waals surface area contributed by atoms with Crippen LogP contribution in [0.5, 0.6) is 5.75 Å². The van der Waals surface area contributed by atoms with E-state index in [-0.39, 0.29) is 23.5 Å². The molecule has 1 aliphatic heterocycles. The van der Waals surface area contributed by atoms with Crippen LogP contribution in [0.1, 0.15) is 30.6 Å². The van der Waals surface area contributed by atoms with Gasteiger partial charge in [0.25, 0.3) is 5.91 Å². The van der Waals surface area contributed by atoms with Crippen molar-refractivity contribution in [2.75, 3.05) is 5.32 Å². The number of nitrogens with one attached hydrogen (secondary N) is 3. The van der Waals surface area contributed by atoms with Gasteiger partial charge >= 0.3 is 12.6 Å². The standard InChI is InChI=1S/C20H20F2N4O4S/c1-10-14(11-2-4-13(5-3-11)30-17(21)22)23-19(31-10)24-15(27)12-6-8-20(9-7-12)16(28)25-18(29)26-20/h2-5,12,17H,6-9H2,1H3,(H,23,24,27)(H2,25,26,28,29). The third-order valence-electron chi connectivity index (χ3n) is 5.60. The molecular weight excluding hydrogens is 430 g/mol. The third kappa shape index (κ3) is 4.36. The summed E-state index contributed by atoms with van der Waals surface area (Å²) in [6.07, 6.45) is 1.75. The first-order valence-corrected chi connectivity index (χ1v) is 10.5. The smallest absolute Gasteiger partial charge is 0.387 e. The summed E-state index contributed by atoms with van der Waals surface area (Å²) in [5, 5.41) is 8.21. The number of amides is 4. The molecule has 8 nitrogen and oxygen atoms in total. The number of urea groups is 1. The molecule has 1 saturated carbocycles. The van der Waals surface area contributed by atoms with E-state index in [2.05, 4.69) is 25.7 Å². The van der Waals surface area contributed by atoms with Crippen molar-refractivity contribution in [1.82, 2.24) is 15.6 Å². The van der Waals surface area contributed by atoms with Gasteiger partial charge in [-0.15, -0.1) is 11.3 Å². The van der Waals surface area contributed by atoms with E-state index >= 15 is 0 Å². The minimum atomic E-state index is -2.89. The van der Waals surface area contributed by atoms with Gasteiger partial charge in [0.15, 0.2) is 5.13 Å². The average Bonchev–Trinajstić information content (AvgIpc) is 3.21. The fourth-order valence-corrected chi connectivity index (χ4v) is 4.81. The minimum absolute atomic E-state index is 0.0577. The third-order valence-corrected chi connectivity index (χ3v) is 6.49. The number of aryl methyl sites for hydroxylation is 1. The van der Waals surface area contributed by atoms with Gasteiger partial charge in [0.05, 0.1) is 5.69 Å². The number of imide groups is 1. The number of hydrogen-bond donors (Lipinski definition) is 3. The van der Waals surface area contributed by atoms with Crippen molar-refractivity contribution < 1.29 is 27.9 Å². The normalized spacial score (nSPS) is 23.0. The first-order valence-electron chi connectivity index (χ1n) is 9.73. The molecule has 1 saturated heterocycles. The molecule has 11 heteroatoms. The lowest BCUT2D eigenvalue weighted by atomic mass is 9.76. The molecule has 1 aromatic carbocycles. The molecule has 0 radical (unpaired) electrons. The van der Waals surface area contributed by atoms with E-state index in [0.717, 1.165) is 10.4 Å². The molecule has 0 atom stereocenters. The lowest BCUT2D eigenvalue weighted by Gasteiger charge is -2.33. The summed E-state index contributed by atoms with van der Waals surface area (Å²) in [5.41, 5.74) is 0.467. The lowest BCUT2D eigenvalue weighted by molar-refractivity contribution is -0.128. The number of ether oxygens (including phenoxy) is 1. The number of benzene rings is 1. The van der Waals surface area contributed by atoms with Crippen molar-refractivity contribution in [3.05, 3.63) is 29.1 Å². The highest BCUT2D eigenvalue weighted by molar-refractivity contribution is 7.16. The van der Waals surface area contributed by atoms with Gasteiger partial charge in [0, 0.05) is 16.4 Å². The van der Waals surface area contributed by atoms with Gasteiger partial charge in [-0.3, -0.25) is 14.9 Å². The van der Waals surface area contributed by atoms with Crippen LogP contribution in [0.3, 0.4) is 0 Å². The van der Waals surface area contributed by atoms with Gasteiger partial charge in [-0.2, -0.15) is 8.78 Å². The zero-order valence-electron chi connectivity index (χ0n) is 16.5. The van der Waals surface area contributed by atoms with Crippen LogP contribution in [0.25, 0.3) is 11.3 Å². The maximum atomic E-state index is 12.7. The molecule has 4 amide bonds. The van der Waals surface area contributed by atoms with E-state index in [0.29, 0.717) is 36.5 Å². The average molecular weight is 450 g/mol. The van der Waals surface area contributed by atoms with Crippen molar-refractivity contribution in [3.63, 3.8) is 0 Å². The zero-order chi connectivity index (χ0) is 22.2. The van der Waals surface area contributed by atoms with E-state index < -0.39 is 18.2 Å². The molecule has 31 heavy (non-hydrogen) atoms. The number of aromatic nitrogens is 1. The number of carbonyl (C=O) groups is 3. The van der Waals surface area contributed by atoms with Gasteiger partial charge in [0.1, 0.15) is 11.3 Å². The Morgan fingerprint density at radius 1 is 1.26 bits per heavy atom. The molecule has 1 aromatic heterocycles. The topological polar surface area (TPSA) is 109 Å². The molecule has 1 spiro atoms. The molecule has 3 N–H and O–H groups in total. The zero-order valence-corrected chi connectivity index (χ0v) is 17.4. The molecule has 0 bridgehead atoms. The summed E-state index contributed by atoms with van der Waals surface area (Å²) in [6, 6.07) is 5.65. The van der Waals surface area contributed by atoms with E-state index in [9.17, 15) is 23.2 Å². The van der Waals surface area contributed by atoms with Crippen LogP contribution < -0.4 is 20.7 Å². The number of anilines is 1. The second kappa shape index (κ2) is 8.22. The second-order valence-electron chi connectivity index (χ2n) is 7.58. The molecule has 2 aliphatic rings. The van der Waals surface area contributed by atoms with Crippen LogP contribution in [0.2, 0.25) is 0 Å². The van der Waals surface area contributed by atoms with Crippen LogP contribution in [0.15, 0.2) is 24.3 Å². The number of hydrogen-bond acceptors (Lipinski definition) is 6. The highest BCUT2D eigenvalue weighted by atomic mass is 32.1. The highest BCUT2D eigenvalue weighted by Crippen LogP contribution is 2.36. The van der Waals surface area contributed by atoms with Crippen molar-refractivity contribution in [2.45, 2.75) is 44.8 Å². The molecule has 2 heterocycles. The van der Waals surface area contributed by atoms with Crippen molar-refractivity contribution in [3.8, 4) is 17.0 Å². The van der Waals surface area contributed by atoms with Crippen LogP contribution >= 0.6 is 11.3 Å². The SMILES string of the molecule is Cc1sc(NC(=O)C2CCC3(CC2)NC(=O)NC3=O)nc1-c1ccc(OC(F)F)cc1. The van der Waals surface area contributed by atoms with E-state index in [4.69, 9.17) is 0 Å². The predicted octanol–water partition coefficient (Wildman–Crippen LogP) is 3.43. The Kier molecular flexibility index (Phi) is 5.61. The quantitative estimate of drug-likeness (QED) is 0.605. The Morgan fingerprint density at radius 3 is 2.52 bits per heavy atom. The fourth-order valence-electron chi connectivity index (χ4n) is 3.97. The molecular formula is C20H20F2N4O4S. The largest absolute Gasteiger partial charge is 0.435 e. The van der Waals surface area contributed by atoms with Gasteiger partial charge in [-0.05, 0) is 56.9 Å². The first kappa shape index (κ1) is 21.2. The van der Waals surface area contributed by atoms with Gasteiger partial charge in [-0.25, -0.2) is 9.78 Å². The summed E-state index contributed by atoms with van der Waals surface area (Å²) in [5.74, 6) is -0.737. The molecule has 1 aliphatic carbocycles. The van der Waals surface area contributed by atoms with Gasteiger partial charge < -0.3 is 15.4 Å². The number of thiazole rings is 1. The summed E-state index contributed by atoms with van der Waals surface area (Å²) in [4.78, 5) is 41.5. The van der Waals surface area contributed by atoms with Crippen molar-refractivity contribution in [1.29, 1.82) is 0 Å². The van der Waals surface area contributed by atoms with Crippen LogP contribution in [0.4, 0.5) is 18.7 Å². The maximum Gasteiger partial charge on any atom is 0.387 e. The van der Waals surface area contributed by atoms with Gasteiger partial charge in [-0.1, -0.05) is 0 Å². The van der Waals surface area contributed by atoms with Crippen LogP contribution in [-0.2, 0) is 9.59 Å². The van der Waals surface area contributed by atoms with E-state index in [1.54, 1.807) is 12.1 Å². The Labute approximate surface area is 180 Å². The highest BCUT2D eigenvalue weighted by Gasteiger charge is 2.48. The Bertz CT molecular complexity index is 1020. The van der Waals surface area contributed by atoms with Crippen LogP contribution in [-0.4, -0.2) is 35.0 Å². The summed E-state index contributed by atoms with van der Waals surface area (Å²) >= 11 is 1.32. The van der Waals surface area contributed by atoms with Crippen LogP contribution in [0, 0.1) is 12.8 Å². The van der Waals surface area contributed by atoms with Gasteiger partial charge in [0.2, 0.25) is 5.91 Å². The Balaban J connectivity index is 1.39. The predicted molar refractivity (Wildman–Crippen MR) is 109 cm³/mol. The Morgan fingerprint density at radius 2 is 1.94 bits per heavy atom. The molecule has 0 unspecified atom stereocenters. The number of carbonyl (C=O) groups excluding carboxylic acids is 3. The Hall–Kier alpha value is -3.08. The monoisotopic (exact) mass is 450 g/mol. The molecule has 2 aromatic rings. The number of rotatable bonds is 5. The minimum Gasteiger partial charge on any atom is -0.435 e. The number of nitrogens with zero attached hydrogens (tertiary/aromatic N) is 1. The summed E-state index contributed by atoms with van der Waals surface area (Å²) in [6.45, 7) is -1.03. The second-order valence-corrected chi connectivity index (χ2v) is 8.78.